The molecule has 2 N–H and O–H groups in total. The first-order valence-corrected chi connectivity index (χ1v) is 14.0. The summed E-state index contributed by atoms with van der Waals surface area (Å²) in [6.07, 6.45) is 9.82. The molecule has 0 saturated heterocycles. The van der Waals surface area contributed by atoms with Gasteiger partial charge in [-0.3, -0.25) is 9.59 Å². The van der Waals surface area contributed by atoms with Crippen LogP contribution in [0.5, 0.6) is 0 Å². The summed E-state index contributed by atoms with van der Waals surface area (Å²) >= 11 is 1.50. The number of anilines is 1. The summed E-state index contributed by atoms with van der Waals surface area (Å²) in [7, 11) is 0. The zero-order valence-corrected chi connectivity index (χ0v) is 21.1. The van der Waals surface area contributed by atoms with E-state index in [1.807, 2.05) is 0 Å². The van der Waals surface area contributed by atoms with Gasteiger partial charge in [0.05, 0.1) is 16.8 Å². The molecule has 0 radical (unpaired) electrons. The molecule has 184 valence electrons. The maximum Gasteiger partial charge on any atom is 0.340 e. The van der Waals surface area contributed by atoms with E-state index in [1.165, 1.54) is 37.4 Å². The van der Waals surface area contributed by atoms with Crippen molar-refractivity contribution >= 4 is 35.0 Å². The number of thioether (sulfide) groups is 1. The number of carbonyl (C=O) groups excluding carboxylic acids is 3. The summed E-state index contributed by atoms with van der Waals surface area (Å²) in [4.78, 5) is 41.0. The number of benzene rings is 2. The van der Waals surface area contributed by atoms with E-state index < -0.39 is 5.97 Å². The molecule has 2 aromatic carbocycles. The molecule has 0 spiro atoms. The van der Waals surface area contributed by atoms with Crippen molar-refractivity contribution in [3.05, 3.63) is 58.1 Å². The number of esters is 1. The average Bonchev–Trinajstić information content (AvgIpc) is 2.87. The predicted molar refractivity (Wildman–Crippen MR) is 138 cm³/mol. The lowest BCUT2D eigenvalue weighted by molar-refractivity contribution is -0.000861. The zero-order chi connectivity index (χ0) is 24.5. The minimum Gasteiger partial charge on any atom is -0.459 e. The number of ether oxygens (including phenoxy) is 1. The summed E-state index contributed by atoms with van der Waals surface area (Å²) in [6, 6.07) is 8.51. The fraction of sp³-hybridized carbons (Fsp3) is 0.483. The number of hydrogen-bond acceptors (Lipinski definition) is 6. The molecule has 0 amide bonds. The van der Waals surface area contributed by atoms with Crippen molar-refractivity contribution in [3.8, 4) is 0 Å². The van der Waals surface area contributed by atoms with Gasteiger partial charge in [0.25, 0.3) is 0 Å². The second kappa shape index (κ2) is 10.2. The number of unbranched alkanes of at least 4 members (excludes halogenated alkanes) is 1. The Balaban J connectivity index is 1.48. The molecule has 3 unspecified atom stereocenters. The van der Waals surface area contributed by atoms with Crippen LogP contribution in [0.3, 0.4) is 0 Å². The summed E-state index contributed by atoms with van der Waals surface area (Å²) in [5, 5.41) is 0. The first kappa shape index (κ1) is 24.1. The fourth-order valence-corrected chi connectivity index (χ4v) is 7.24. The topological polar surface area (TPSA) is 86.5 Å². The Morgan fingerprint density at radius 3 is 2.40 bits per heavy atom. The van der Waals surface area contributed by atoms with E-state index in [0.29, 0.717) is 27.5 Å². The van der Waals surface area contributed by atoms with Crippen LogP contribution >= 0.6 is 11.8 Å². The van der Waals surface area contributed by atoms with Gasteiger partial charge in [0.2, 0.25) is 0 Å². The van der Waals surface area contributed by atoms with E-state index in [1.54, 1.807) is 30.3 Å². The van der Waals surface area contributed by atoms with Crippen molar-refractivity contribution in [2.45, 2.75) is 75.7 Å². The zero-order valence-electron chi connectivity index (χ0n) is 20.3. The molecule has 6 heteroatoms. The Hall–Kier alpha value is -2.60. The number of rotatable bonds is 6. The maximum atomic E-state index is 13.5. The number of ketones is 2. The van der Waals surface area contributed by atoms with Crippen molar-refractivity contribution in [3.63, 3.8) is 0 Å². The summed E-state index contributed by atoms with van der Waals surface area (Å²) in [6.45, 7) is 2.10. The van der Waals surface area contributed by atoms with Gasteiger partial charge in [-0.1, -0.05) is 63.3 Å². The third-order valence-corrected chi connectivity index (χ3v) is 9.07. The highest BCUT2D eigenvalue weighted by molar-refractivity contribution is 7.99. The molecule has 35 heavy (non-hydrogen) atoms. The van der Waals surface area contributed by atoms with Gasteiger partial charge in [0.1, 0.15) is 6.10 Å². The highest BCUT2D eigenvalue weighted by Gasteiger charge is 2.37. The number of fused-ring (bicyclic) bond motifs is 3. The van der Waals surface area contributed by atoms with Gasteiger partial charge < -0.3 is 10.5 Å². The predicted octanol–water partition coefficient (Wildman–Crippen LogP) is 6.45. The maximum absolute atomic E-state index is 13.5. The molecule has 0 heterocycles. The molecule has 3 atom stereocenters. The molecule has 0 aliphatic heterocycles. The van der Waals surface area contributed by atoms with E-state index in [-0.39, 0.29) is 34.5 Å². The van der Waals surface area contributed by atoms with Crippen LogP contribution in [0.1, 0.15) is 107 Å². The van der Waals surface area contributed by atoms with E-state index in [9.17, 15) is 14.4 Å². The smallest absolute Gasteiger partial charge is 0.340 e. The van der Waals surface area contributed by atoms with Crippen molar-refractivity contribution in [2.75, 3.05) is 11.5 Å². The van der Waals surface area contributed by atoms with Crippen LogP contribution in [-0.4, -0.2) is 29.4 Å². The lowest BCUT2D eigenvalue weighted by Crippen LogP contribution is -2.33. The minimum absolute atomic E-state index is 0.0593. The molecule has 3 aliphatic carbocycles. The second-order valence-corrected chi connectivity index (χ2v) is 11.3. The molecular weight excluding hydrogens is 458 g/mol. The summed E-state index contributed by atoms with van der Waals surface area (Å²) in [5.41, 5.74) is 7.93. The number of nitrogen functional groups attached to an aromatic ring is 1. The second-order valence-electron chi connectivity index (χ2n) is 10.1. The highest BCUT2D eigenvalue weighted by atomic mass is 32.2. The van der Waals surface area contributed by atoms with Crippen LogP contribution in [0, 0.1) is 11.8 Å². The van der Waals surface area contributed by atoms with Gasteiger partial charge in [0.15, 0.2) is 11.6 Å². The van der Waals surface area contributed by atoms with Gasteiger partial charge in [-0.15, -0.1) is 11.8 Å². The fourth-order valence-electron chi connectivity index (χ4n) is 6.04. The van der Waals surface area contributed by atoms with Crippen LogP contribution in [0.2, 0.25) is 0 Å². The molecule has 2 aromatic rings. The monoisotopic (exact) mass is 491 g/mol. The van der Waals surface area contributed by atoms with Crippen molar-refractivity contribution in [1.29, 1.82) is 0 Å². The Kier molecular flexibility index (Phi) is 7.01. The molecule has 0 aromatic heterocycles. The first-order chi connectivity index (χ1) is 17.0. The third kappa shape index (κ3) is 4.53. The Morgan fingerprint density at radius 2 is 1.69 bits per heavy atom. The molecular formula is C29H33NO4S. The first-order valence-electron chi connectivity index (χ1n) is 13.0. The van der Waals surface area contributed by atoms with E-state index in [0.717, 1.165) is 43.8 Å². The molecule has 5 rings (SSSR count). The molecule has 2 fully saturated rings. The third-order valence-electron chi connectivity index (χ3n) is 7.94. The molecule has 2 saturated carbocycles. The number of carbonyl (C=O) groups is 3. The Labute approximate surface area is 211 Å². The molecule has 5 nitrogen and oxygen atoms in total. The Morgan fingerprint density at radius 1 is 1.00 bits per heavy atom. The van der Waals surface area contributed by atoms with Crippen LogP contribution in [0.4, 0.5) is 5.69 Å². The standard InChI is InChI=1S/C29H33NO4S/c1-2-3-14-35-23-16-22(29(33)34-19-13-12-17-8-4-5-9-18(17)15-19)26(30)25-24(23)27(31)20-10-6-7-11-21(20)28(25)32/h6-7,10-11,16-19H,2-5,8-9,12-15,30H2,1H3. The van der Waals surface area contributed by atoms with E-state index >= 15 is 0 Å². The quantitative estimate of drug-likeness (QED) is 0.184. The van der Waals surface area contributed by atoms with Crippen molar-refractivity contribution < 1.29 is 19.1 Å². The van der Waals surface area contributed by atoms with Crippen molar-refractivity contribution in [1.82, 2.24) is 0 Å². The van der Waals surface area contributed by atoms with Crippen molar-refractivity contribution in [2.24, 2.45) is 11.8 Å². The lowest BCUT2D eigenvalue weighted by Gasteiger charge is -2.38. The van der Waals surface area contributed by atoms with E-state index in [2.05, 4.69) is 6.92 Å². The van der Waals surface area contributed by atoms with Gasteiger partial charge in [-0.25, -0.2) is 4.79 Å². The minimum atomic E-state index is -0.485. The number of hydrogen-bond donors (Lipinski definition) is 1. The van der Waals surface area contributed by atoms with Gasteiger partial charge in [-0.2, -0.15) is 0 Å². The van der Waals surface area contributed by atoms with Gasteiger partial charge in [-0.05, 0) is 49.3 Å². The summed E-state index contributed by atoms with van der Waals surface area (Å²) < 4.78 is 5.99. The lowest BCUT2D eigenvalue weighted by atomic mass is 9.70. The van der Waals surface area contributed by atoms with Crippen LogP contribution in [0.15, 0.2) is 35.2 Å². The van der Waals surface area contributed by atoms with Crippen LogP contribution in [-0.2, 0) is 4.74 Å². The Bertz CT molecular complexity index is 1170. The van der Waals surface area contributed by atoms with Gasteiger partial charge >= 0.3 is 5.97 Å². The van der Waals surface area contributed by atoms with E-state index in [4.69, 9.17) is 10.5 Å². The normalized spacial score (nSPS) is 23.3. The van der Waals surface area contributed by atoms with Crippen LogP contribution in [0.25, 0.3) is 0 Å². The van der Waals surface area contributed by atoms with Crippen LogP contribution < -0.4 is 5.73 Å². The SMILES string of the molecule is CCCCSc1cc(C(=O)OC2CCC3CCCCC3C2)c(N)c2c1C(=O)c1ccccc1C2=O. The molecule has 0 bridgehead atoms. The average molecular weight is 492 g/mol. The molecule has 3 aliphatic rings. The summed E-state index contributed by atoms with van der Waals surface area (Å²) in [5.74, 6) is 1.18. The highest BCUT2D eigenvalue weighted by Crippen LogP contribution is 2.43. The number of nitrogens with two attached hydrogens (primary N) is 1. The largest absolute Gasteiger partial charge is 0.459 e. The van der Waals surface area contributed by atoms with Gasteiger partial charge in [0, 0.05) is 21.6 Å².